The zero-order valence-electron chi connectivity index (χ0n) is 11.8. The fourth-order valence-electron chi connectivity index (χ4n) is 3.76. The van der Waals surface area contributed by atoms with Gasteiger partial charge in [0, 0.05) is 24.0 Å². The van der Waals surface area contributed by atoms with E-state index in [2.05, 4.69) is 30.7 Å². The van der Waals surface area contributed by atoms with E-state index < -0.39 is 0 Å². The monoisotopic (exact) mass is 246 g/mol. The summed E-state index contributed by atoms with van der Waals surface area (Å²) in [6.07, 6.45) is 11.3. The molecule has 100 valence electrons. The van der Waals surface area contributed by atoms with Crippen LogP contribution >= 0.6 is 0 Å². The third kappa shape index (κ3) is 2.11. The first-order chi connectivity index (χ1) is 8.57. The average Bonchev–Trinajstić information content (AvgIpc) is 2.74. The molecule has 3 rings (SSSR count). The van der Waals surface area contributed by atoms with Crippen LogP contribution in [0.5, 0.6) is 0 Å². The summed E-state index contributed by atoms with van der Waals surface area (Å²) >= 11 is 0. The summed E-state index contributed by atoms with van der Waals surface area (Å²) in [6, 6.07) is 3.29. The molecule has 1 fully saturated rings. The molecular formula is C16H26N2. The maximum absolute atomic E-state index is 6.22. The van der Waals surface area contributed by atoms with E-state index in [0.29, 0.717) is 5.41 Å². The predicted octanol–water partition coefficient (Wildman–Crippen LogP) is 3.97. The second kappa shape index (κ2) is 4.41. The molecule has 1 saturated carbocycles. The summed E-state index contributed by atoms with van der Waals surface area (Å²) in [4.78, 5) is 0. The molecular weight excluding hydrogens is 220 g/mol. The molecule has 0 aromatic carbocycles. The van der Waals surface area contributed by atoms with Crippen LogP contribution in [0, 0.1) is 5.41 Å². The van der Waals surface area contributed by atoms with Gasteiger partial charge in [-0.15, -0.1) is 0 Å². The number of hydrogen-bond acceptors (Lipinski definition) is 1. The van der Waals surface area contributed by atoms with Crippen molar-refractivity contribution < 1.29 is 0 Å². The van der Waals surface area contributed by atoms with Crippen LogP contribution in [-0.2, 0) is 6.42 Å². The second-order valence-corrected chi connectivity index (χ2v) is 7.02. The minimum absolute atomic E-state index is 0.287. The molecule has 2 heteroatoms. The highest BCUT2D eigenvalue weighted by molar-refractivity contribution is 5.29. The van der Waals surface area contributed by atoms with Gasteiger partial charge in [-0.3, -0.25) is 0 Å². The number of rotatable bonds is 1. The topological polar surface area (TPSA) is 30.9 Å². The van der Waals surface area contributed by atoms with Crippen LogP contribution in [0.4, 0.5) is 0 Å². The van der Waals surface area contributed by atoms with Crippen molar-refractivity contribution in [3.05, 3.63) is 23.5 Å². The molecule has 1 aromatic rings. The van der Waals surface area contributed by atoms with Gasteiger partial charge in [0.25, 0.3) is 0 Å². The Morgan fingerprint density at radius 1 is 1.22 bits per heavy atom. The van der Waals surface area contributed by atoms with Crippen molar-refractivity contribution >= 4 is 0 Å². The average molecular weight is 246 g/mol. The van der Waals surface area contributed by atoms with E-state index in [-0.39, 0.29) is 6.04 Å². The highest BCUT2D eigenvalue weighted by atomic mass is 15.0. The fourth-order valence-corrected chi connectivity index (χ4v) is 3.76. The summed E-state index contributed by atoms with van der Waals surface area (Å²) in [5.41, 5.74) is 9.74. The SMILES string of the molecule is CC1(C)CCC(n2ccc3c2CCCC3N)CC1. The number of hydrogen-bond donors (Lipinski definition) is 1. The van der Waals surface area contributed by atoms with Crippen LogP contribution < -0.4 is 5.73 Å². The Morgan fingerprint density at radius 2 is 1.94 bits per heavy atom. The molecule has 2 aliphatic rings. The Morgan fingerprint density at radius 3 is 2.67 bits per heavy atom. The van der Waals surface area contributed by atoms with Gasteiger partial charge in [-0.2, -0.15) is 0 Å². The van der Waals surface area contributed by atoms with Gasteiger partial charge in [-0.1, -0.05) is 13.8 Å². The van der Waals surface area contributed by atoms with Crippen molar-refractivity contribution in [3.8, 4) is 0 Å². The van der Waals surface area contributed by atoms with Gasteiger partial charge in [-0.05, 0) is 62.0 Å². The number of nitrogens with zero attached hydrogens (tertiary/aromatic N) is 1. The molecule has 18 heavy (non-hydrogen) atoms. The van der Waals surface area contributed by atoms with Gasteiger partial charge >= 0.3 is 0 Å². The highest BCUT2D eigenvalue weighted by Gasteiger charge is 2.30. The minimum Gasteiger partial charge on any atom is -0.348 e. The zero-order chi connectivity index (χ0) is 12.8. The maximum atomic E-state index is 6.22. The van der Waals surface area contributed by atoms with Crippen LogP contribution in [0.2, 0.25) is 0 Å². The third-order valence-corrected chi connectivity index (χ3v) is 5.09. The van der Waals surface area contributed by atoms with E-state index in [1.807, 2.05) is 0 Å². The van der Waals surface area contributed by atoms with E-state index >= 15 is 0 Å². The van der Waals surface area contributed by atoms with Gasteiger partial charge < -0.3 is 10.3 Å². The number of aromatic nitrogens is 1. The van der Waals surface area contributed by atoms with Gasteiger partial charge in [-0.25, -0.2) is 0 Å². The summed E-state index contributed by atoms with van der Waals surface area (Å²) in [5.74, 6) is 0. The Hall–Kier alpha value is -0.760. The van der Waals surface area contributed by atoms with E-state index in [4.69, 9.17) is 5.73 Å². The molecule has 0 aliphatic heterocycles. The minimum atomic E-state index is 0.287. The molecule has 0 radical (unpaired) electrons. The number of fused-ring (bicyclic) bond motifs is 1. The molecule has 2 nitrogen and oxygen atoms in total. The van der Waals surface area contributed by atoms with Crippen molar-refractivity contribution in [2.75, 3.05) is 0 Å². The Balaban J connectivity index is 1.82. The largest absolute Gasteiger partial charge is 0.348 e. The number of nitrogens with two attached hydrogens (primary N) is 1. The van der Waals surface area contributed by atoms with Crippen molar-refractivity contribution in [2.45, 2.75) is 70.9 Å². The van der Waals surface area contributed by atoms with Crippen LogP contribution in [0.3, 0.4) is 0 Å². The highest BCUT2D eigenvalue weighted by Crippen LogP contribution is 2.42. The third-order valence-electron chi connectivity index (χ3n) is 5.09. The molecule has 0 amide bonds. The molecule has 0 spiro atoms. The lowest BCUT2D eigenvalue weighted by atomic mass is 9.75. The Bertz CT molecular complexity index is 420. The molecule has 0 saturated heterocycles. The van der Waals surface area contributed by atoms with E-state index in [0.717, 1.165) is 12.5 Å². The molecule has 2 N–H and O–H groups in total. The molecule has 1 unspecified atom stereocenters. The van der Waals surface area contributed by atoms with Crippen LogP contribution in [0.15, 0.2) is 12.3 Å². The van der Waals surface area contributed by atoms with Crippen LogP contribution in [-0.4, -0.2) is 4.57 Å². The lowest BCUT2D eigenvalue weighted by Gasteiger charge is -2.36. The first-order valence-electron chi connectivity index (χ1n) is 7.52. The summed E-state index contributed by atoms with van der Waals surface area (Å²) in [5, 5.41) is 0. The maximum Gasteiger partial charge on any atom is 0.0333 e. The zero-order valence-corrected chi connectivity index (χ0v) is 11.8. The van der Waals surface area contributed by atoms with E-state index in [9.17, 15) is 0 Å². The molecule has 1 heterocycles. The standard InChI is InChI=1S/C16H26N2/c1-16(2)9-6-12(7-10-16)18-11-8-13-14(17)4-3-5-15(13)18/h8,11-12,14H,3-7,9-10,17H2,1-2H3. The Kier molecular flexibility index (Phi) is 3.01. The van der Waals surface area contributed by atoms with Crippen LogP contribution in [0.25, 0.3) is 0 Å². The quantitative estimate of drug-likeness (QED) is 0.798. The van der Waals surface area contributed by atoms with Crippen molar-refractivity contribution in [1.82, 2.24) is 4.57 Å². The fraction of sp³-hybridized carbons (Fsp3) is 0.750. The van der Waals surface area contributed by atoms with Crippen molar-refractivity contribution in [3.63, 3.8) is 0 Å². The van der Waals surface area contributed by atoms with E-state index in [1.54, 1.807) is 5.69 Å². The van der Waals surface area contributed by atoms with E-state index in [1.165, 1.54) is 44.1 Å². The molecule has 1 atom stereocenters. The normalized spacial score (nSPS) is 28.1. The van der Waals surface area contributed by atoms with Crippen molar-refractivity contribution in [1.29, 1.82) is 0 Å². The Labute approximate surface area is 111 Å². The van der Waals surface area contributed by atoms with Gasteiger partial charge in [0.05, 0.1) is 0 Å². The molecule has 2 aliphatic carbocycles. The summed E-state index contributed by atoms with van der Waals surface area (Å²) in [7, 11) is 0. The van der Waals surface area contributed by atoms with Crippen LogP contribution in [0.1, 0.15) is 75.7 Å². The summed E-state index contributed by atoms with van der Waals surface area (Å²) < 4.78 is 2.56. The van der Waals surface area contributed by atoms with Gasteiger partial charge in [0.15, 0.2) is 0 Å². The second-order valence-electron chi connectivity index (χ2n) is 7.02. The van der Waals surface area contributed by atoms with Gasteiger partial charge in [0.2, 0.25) is 0 Å². The molecule has 1 aromatic heterocycles. The first-order valence-corrected chi connectivity index (χ1v) is 7.52. The predicted molar refractivity (Wildman–Crippen MR) is 75.6 cm³/mol. The summed E-state index contributed by atoms with van der Waals surface area (Å²) in [6.45, 7) is 4.81. The van der Waals surface area contributed by atoms with Gasteiger partial charge in [0.1, 0.15) is 0 Å². The smallest absolute Gasteiger partial charge is 0.0333 e. The lowest BCUT2D eigenvalue weighted by Crippen LogP contribution is -2.25. The van der Waals surface area contributed by atoms with Crippen molar-refractivity contribution in [2.24, 2.45) is 11.1 Å². The first kappa shape index (κ1) is 12.3. The lowest BCUT2D eigenvalue weighted by molar-refractivity contribution is 0.191. The molecule has 0 bridgehead atoms.